The second kappa shape index (κ2) is 4.52. The van der Waals surface area contributed by atoms with E-state index in [1.165, 1.54) is 7.11 Å². The maximum absolute atomic E-state index is 12.5. The van der Waals surface area contributed by atoms with E-state index >= 15 is 0 Å². The first-order valence-electron chi connectivity index (χ1n) is 7.41. The maximum Gasteiger partial charge on any atom is 0.250 e. The number of ether oxygens (including phenoxy) is 2. The standard InChI is InChI=1S/C15H18N4O3/c1-9-13(7-16)12(20)19-11(18)14(13,8-17)10-5-3-4-6-15(10,21-2)22-9/h9-10H,3-6H2,1-2H3,(H2,18,19,20). The summed E-state index contributed by atoms with van der Waals surface area (Å²) >= 11 is 0. The second-order valence-electron chi connectivity index (χ2n) is 6.24. The molecule has 1 aliphatic carbocycles. The third-order valence-electron chi connectivity index (χ3n) is 5.62. The van der Waals surface area contributed by atoms with Crippen LogP contribution >= 0.6 is 0 Å². The predicted molar refractivity (Wildman–Crippen MR) is 74.2 cm³/mol. The summed E-state index contributed by atoms with van der Waals surface area (Å²) in [4.78, 5) is 12.5. The van der Waals surface area contributed by atoms with E-state index in [4.69, 9.17) is 14.9 Å². The van der Waals surface area contributed by atoms with Crippen LogP contribution in [0.1, 0.15) is 32.6 Å². The molecule has 7 nitrogen and oxygen atoms in total. The molecule has 22 heavy (non-hydrogen) atoms. The third kappa shape index (κ3) is 1.32. The van der Waals surface area contributed by atoms with Crippen molar-refractivity contribution in [3.8, 4) is 12.1 Å². The molecule has 3 aliphatic rings. The zero-order valence-corrected chi connectivity index (χ0v) is 12.6. The van der Waals surface area contributed by atoms with Crippen molar-refractivity contribution in [3.05, 3.63) is 0 Å². The molecule has 0 bridgehead atoms. The summed E-state index contributed by atoms with van der Waals surface area (Å²) in [5.74, 6) is -2.37. The predicted octanol–water partition coefficient (Wildman–Crippen LogP) is 1.07. The molecule has 5 unspecified atom stereocenters. The lowest BCUT2D eigenvalue weighted by Crippen LogP contribution is -2.68. The summed E-state index contributed by atoms with van der Waals surface area (Å²) in [6.45, 7) is 1.61. The molecule has 7 heteroatoms. The number of amidine groups is 1. The lowest BCUT2D eigenvalue weighted by molar-refractivity contribution is -0.339. The van der Waals surface area contributed by atoms with Gasteiger partial charge in [-0.25, -0.2) is 0 Å². The number of nitrogens with zero attached hydrogens (tertiary/aromatic N) is 2. The van der Waals surface area contributed by atoms with Crippen LogP contribution in [-0.2, 0) is 14.3 Å². The Morgan fingerprint density at radius 2 is 2.05 bits per heavy atom. The monoisotopic (exact) mass is 302 g/mol. The highest BCUT2D eigenvalue weighted by Gasteiger charge is 2.78. The minimum Gasteiger partial charge on any atom is -0.353 e. The van der Waals surface area contributed by atoms with Crippen molar-refractivity contribution in [1.29, 1.82) is 15.9 Å². The summed E-state index contributed by atoms with van der Waals surface area (Å²) in [7, 11) is 1.52. The van der Waals surface area contributed by atoms with Crippen LogP contribution in [0.3, 0.4) is 0 Å². The highest BCUT2D eigenvalue weighted by Crippen LogP contribution is 2.63. The molecular formula is C15H18N4O3. The van der Waals surface area contributed by atoms with Crippen molar-refractivity contribution >= 4 is 11.7 Å². The number of nitriles is 2. The summed E-state index contributed by atoms with van der Waals surface area (Å²) in [6.07, 6.45) is 2.06. The van der Waals surface area contributed by atoms with Crippen LogP contribution in [0, 0.1) is 44.8 Å². The molecule has 2 saturated heterocycles. The maximum atomic E-state index is 12.5. The number of rotatable bonds is 1. The highest BCUT2D eigenvalue weighted by atomic mass is 16.7. The molecule has 1 amide bonds. The lowest BCUT2D eigenvalue weighted by Gasteiger charge is -2.57. The topological polar surface area (TPSA) is 119 Å². The fourth-order valence-electron chi connectivity index (χ4n) is 4.57. The SMILES string of the molecule is COC12CCCCC1C1(C#N)C(=N)NC(=O)C1(C#N)C(C)O2. The Kier molecular flexibility index (Phi) is 3.07. The van der Waals surface area contributed by atoms with Gasteiger partial charge in [-0.1, -0.05) is 6.42 Å². The van der Waals surface area contributed by atoms with E-state index in [0.717, 1.165) is 12.8 Å². The van der Waals surface area contributed by atoms with Gasteiger partial charge in [0.05, 0.1) is 18.2 Å². The van der Waals surface area contributed by atoms with Gasteiger partial charge in [-0.3, -0.25) is 10.2 Å². The molecule has 0 spiro atoms. The van der Waals surface area contributed by atoms with Crippen LogP contribution in [0.15, 0.2) is 0 Å². The molecule has 2 heterocycles. The molecule has 3 fully saturated rings. The van der Waals surface area contributed by atoms with E-state index < -0.39 is 34.5 Å². The quantitative estimate of drug-likeness (QED) is 0.750. The zero-order valence-electron chi connectivity index (χ0n) is 12.6. The molecule has 2 aliphatic heterocycles. The summed E-state index contributed by atoms with van der Waals surface area (Å²) in [6, 6.07) is 4.17. The molecule has 0 aromatic rings. The number of amides is 1. The molecule has 116 valence electrons. The fraction of sp³-hybridized carbons (Fsp3) is 0.733. The average molecular weight is 302 g/mol. The average Bonchev–Trinajstić information content (AvgIpc) is 2.75. The van der Waals surface area contributed by atoms with Gasteiger partial charge in [0, 0.05) is 19.4 Å². The number of carbonyl (C=O) groups is 1. The Morgan fingerprint density at radius 3 is 2.64 bits per heavy atom. The smallest absolute Gasteiger partial charge is 0.250 e. The van der Waals surface area contributed by atoms with Gasteiger partial charge in [-0.15, -0.1) is 0 Å². The van der Waals surface area contributed by atoms with Crippen LogP contribution < -0.4 is 5.32 Å². The number of fused-ring (bicyclic) bond motifs is 3. The Hall–Kier alpha value is -1.96. The van der Waals surface area contributed by atoms with Crippen LogP contribution in [-0.4, -0.2) is 30.7 Å². The molecule has 2 N–H and O–H groups in total. The van der Waals surface area contributed by atoms with Crippen molar-refractivity contribution in [3.63, 3.8) is 0 Å². The largest absolute Gasteiger partial charge is 0.353 e. The zero-order chi connectivity index (χ0) is 16.2. The van der Waals surface area contributed by atoms with Gasteiger partial charge in [0.1, 0.15) is 5.84 Å². The summed E-state index contributed by atoms with van der Waals surface area (Å²) < 4.78 is 11.7. The van der Waals surface area contributed by atoms with Crippen molar-refractivity contribution in [1.82, 2.24) is 5.32 Å². The number of carbonyl (C=O) groups excluding carboxylic acids is 1. The number of nitrogens with one attached hydrogen (secondary N) is 2. The van der Waals surface area contributed by atoms with Crippen LogP contribution in [0.4, 0.5) is 0 Å². The van der Waals surface area contributed by atoms with Crippen molar-refractivity contribution in [2.24, 2.45) is 16.7 Å². The molecule has 5 atom stereocenters. The number of hydrogen-bond donors (Lipinski definition) is 2. The van der Waals surface area contributed by atoms with Gasteiger partial charge in [0.2, 0.25) is 0 Å². The van der Waals surface area contributed by atoms with E-state index in [2.05, 4.69) is 11.4 Å². The first-order chi connectivity index (χ1) is 10.4. The molecule has 0 aromatic heterocycles. The van der Waals surface area contributed by atoms with Crippen LogP contribution in [0.25, 0.3) is 0 Å². The Balaban J connectivity index is 2.30. The minimum atomic E-state index is -1.71. The lowest BCUT2D eigenvalue weighted by atomic mass is 9.51. The van der Waals surface area contributed by atoms with Crippen LogP contribution in [0.5, 0.6) is 0 Å². The third-order valence-corrected chi connectivity index (χ3v) is 5.62. The Labute approximate surface area is 128 Å². The molecular weight excluding hydrogens is 284 g/mol. The van der Waals surface area contributed by atoms with Gasteiger partial charge in [-0.2, -0.15) is 10.5 Å². The Morgan fingerprint density at radius 1 is 1.36 bits per heavy atom. The molecule has 3 rings (SSSR count). The van der Waals surface area contributed by atoms with E-state index in [1.54, 1.807) is 6.92 Å². The van der Waals surface area contributed by atoms with Gasteiger partial charge in [0.25, 0.3) is 5.91 Å². The second-order valence-corrected chi connectivity index (χ2v) is 6.24. The van der Waals surface area contributed by atoms with Gasteiger partial charge in [0.15, 0.2) is 16.6 Å². The van der Waals surface area contributed by atoms with Gasteiger partial charge < -0.3 is 14.8 Å². The molecule has 0 aromatic carbocycles. The van der Waals surface area contributed by atoms with Crippen molar-refractivity contribution in [2.45, 2.75) is 44.5 Å². The van der Waals surface area contributed by atoms with Crippen molar-refractivity contribution in [2.75, 3.05) is 7.11 Å². The van der Waals surface area contributed by atoms with Gasteiger partial charge >= 0.3 is 0 Å². The molecule has 1 saturated carbocycles. The van der Waals surface area contributed by atoms with E-state index in [9.17, 15) is 15.3 Å². The van der Waals surface area contributed by atoms with E-state index in [-0.39, 0.29) is 5.84 Å². The summed E-state index contributed by atoms with van der Waals surface area (Å²) in [5.41, 5.74) is -3.25. The van der Waals surface area contributed by atoms with E-state index in [1.807, 2.05) is 6.07 Å². The van der Waals surface area contributed by atoms with Gasteiger partial charge in [-0.05, 0) is 19.8 Å². The minimum absolute atomic E-state index is 0.204. The summed E-state index contributed by atoms with van der Waals surface area (Å²) in [5, 5.41) is 30.4. The normalized spacial score (nSPS) is 46.9. The van der Waals surface area contributed by atoms with Crippen LogP contribution in [0.2, 0.25) is 0 Å². The number of methoxy groups -OCH3 is 1. The first-order valence-corrected chi connectivity index (χ1v) is 7.41. The Bertz CT molecular complexity index is 636. The fourth-order valence-corrected chi connectivity index (χ4v) is 4.57. The van der Waals surface area contributed by atoms with Crippen molar-refractivity contribution < 1.29 is 14.3 Å². The molecule has 0 radical (unpaired) electrons. The number of hydrogen-bond acceptors (Lipinski definition) is 6. The van der Waals surface area contributed by atoms with E-state index in [0.29, 0.717) is 12.8 Å². The first kappa shape index (κ1) is 15.0. The highest BCUT2D eigenvalue weighted by molar-refractivity contribution is 6.14.